The summed E-state index contributed by atoms with van der Waals surface area (Å²) in [5.74, 6) is 0.142. The van der Waals surface area contributed by atoms with E-state index in [2.05, 4.69) is 4.98 Å². The van der Waals surface area contributed by atoms with Crippen molar-refractivity contribution in [3.8, 4) is 0 Å². The smallest absolute Gasteiger partial charge is 0.243 e. The summed E-state index contributed by atoms with van der Waals surface area (Å²) in [6, 6.07) is 14.8. The Kier molecular flexibility index (Phi) is 6.82. The predicted octanol–water partition coefficient (Wildman–Crippen LogP) is 3.75. The van der Waals surface area contributed by atoms with Gasteiger partial charge in [-0.1, -0.05) is 44.2 Å². The Morgan fingerprint density at radius 1 is 1.14 bits per heavy atom. The van der Waals surface area contributed by atoms with Crippen LogP contribution in [-0.2, 0) is 16.4 Å². The van der Waals surface area contributed by atoms with E-state index in [0.717, 1.165) is 15.8 Å². The van der Waals surface area contributed by atoms with Crippen molar-refractivity contribution in [1.29, 1.82) is 0 Å². The van der Waals surface area contributed by atoms with Gasteiger partial charge in [0, 0.05) is 13.1 Å². The Labute approximate surface area is 170 Å². The normalized spacial score (nSPS) is 13.5. The number of sulfonamides is 1. The minimum absolute atomic E-state index is 0.0358. The van der Waals surface area contributed by atoms with E-state index < -0.39 is 16.1 Å². The lowest BCUT2D eigenvalue weighted by Gasteiger charge is -2.26. The maximum Gasteiger partial charge on any atom is 0.243 e. The maximum atomic E-state index is 13.2. The third kappa shape index (κ3) is 5.17. The van der Waals surface area contributed by atoms with Crippen LogP contribution in [-0.4, -0.2) is 42.0 Å². The lowest BCUT2D eigenvalue weighted by atomic mass is 10.1. The number of aliphatic hydroxyl groups is 1. The molecule has 28 heavy (non-hydrogen) atoms. The molecule has 0 spiro atoms. The van der Waals surface area contributed by atoms with Crippen LogP contribution in [0, 0.1) is 12.3 Å². The molecule has 1 radical (unpaired) electrons. The van der Waals surface area contributed by atoms with Gasteiger partial charge in [-0.2, -0.15) is 4.31 Å². The number of hydrogen-bond donors (Lipinski definition) is 1. The minimum atomic E-state index is -3.71. The SMILES string of the molecule is CC(C)CN(C[C@H](O)[CH]Cc1ccccc1)S(=O)(=O)c1ccc2ncsc2c1. The number of hydrogen-bond acceptors (Lipinski definition) is 5. The Bertz CT molecular complexity index is 1000. The largest absolute Gasteiger partial charge is 0.391 e. The summed E-state index contributed by atoms with van der Waals surface area (Å²) < 4.78 is 28.7. The highest BCUT2D eigenvalue weighted by molar-refractivity contribution is 7.89. The Morgan fingerprint density at radius 2 is 1.89 bits per heavy atom. The Hall–Kier alpha value is -1.80. The fourth-order valence-corrected chi connectivity index (χ4v) is 5.43. The summed E-state index contributed by atoms with van der Waals surface area (Å²) in [6.45, 7) is 4.32. The monoisotopic (exact) mass is 417 g/mol. The van der Waals surface area contributed by atoms with Gasteiger partial charge in [0.2, 0.25) is 10.0 Å². The molecule has 3 aromatic rings. The molecule has 1 heterocycles. The molecule has 0 aliphatic rings. The molecule has 0 saturated carbocycles. The van der Waals surface area contributed by atoms with Gasteiger partial charge in [-0.3, -0.25) is 0 Å². The molecule has 149 valence electrons. The van der Waals surface area contributed by atoms with E-state index in [-0.39, 0.29) is 17.4 Å². The maximum absolute atomic E-state index is 13.2. The summed E-state index contributed by atoms with van der Waals surface area (Å²) in [5.41, 5.74) is 3.57. The summed E-state index contributed by atoms with van der Waals surface area (Å²) in [6.07, 6.45) is 1.50. The number of rotatable bonds is 9. The third-order valence-electron chi connectivity index (χ3n) is 4.37. The molecule has 0 amide bonds. The average Bonchev–Trinajstić information content (AvgIpc) is 3.14. The van der Waals surface area contributed by atoms with Crippen LogP contribution in [0.5, 0.6) is 0 Å². The number of aliphatic hydroxyl groups excluding tert-OH is 1. The van der Waals surface area contributed by atoms with E-state index in [1.54, 1.807) is 30.1 Å². The van der Waals surface area contributed by atoms with Crippen LogP contribution >= 0.6 is 11.3 Å². The average molecular weight is 418 g/mol. The minimum Gasteiger partial charge on any atom is -0.391 e. The van der Waals surface area contributed by atoms with Crippen molar-refractivity contribution in [2.45, 2.75) is 31.3 Å². The summed E-state index contributed by atoms with van der Waals surface area (Å²) in [7, 11) is -3.71. The predicted molar refractivity (Wildman–Crippen MR) is 114 cm³/mol. The highest BCUT2D eigenvalue weighted by Crippen LogP contribution is 2.25. The van der Waals surface area contributed by atoms with Crippen molar-refractivity contribution in [2.24, 2.45) is 5.92 Å². The van der Waals surface area contributed by atoms with Crippen LogP contribution < -0.4 is 0 Å². The first kappa shape index (κ1) is 20.9. The van der Waals surface area contributed by atoms with Gasteiger partial charge >= 0.3 is 0 Å². The van der Waals surface area contributed by atoms with Crippen LogP contribution in [0.1, 0.15) is 19.4 Å². The van der Waals surface area contributed by atoms with E-state index in [1.165, 1.54) is 15.6 Å². The van der Waals surface area contributed by atoms with Crippen molar-refractivity contribution in [3.05, 3.63) is 66.0 Å². The van der Waals surface area contributed by atoms with E-state index in [4.69, 9.17) is 0 Å². The second-order valence-corrected chi connectivity index (χ2v) is 10.0. The zero-order valence-corrected chi connectivity index (χ0v) is 17.7. The second-order valence-electron chi connectivity index (χ2n) is 7.19. The first-order valence-corrected chi connectivity index (χ1v) is 11.6. The lowest BCUT2D eigenvalue weighted by Crippen LogP contribution is -2.40. The molecule has 0 bridgehead atoms. The van der Waals surface area contributed by atoms with Gasteiger partial charge in [-0.05, 0) is 42.5 Å². The van der Waals surface area contributed by atoms with Crippen LogP contribution in [0.3, 0.4) is 0 Å². The number of thiazole rings is 1. The molecule has 0 unspecified atom stereocenters. The molecule has 2 aromatic carbocycles. The molecule has 0 aliphatic carbocycles. The molecule has 5 nitrogen and oxygen atoms in total. The van der Waals surface area contributed by atoms with Gasteiger partial charge in [-0.15, -0.1) is 11.3 Å². The molecule has 0 aliphatic heterocycles. The van der Waals surface area contributed by atoms with Crippen molar-refractivity contribution in [2.75, 3.05) is 13.1 Å². The Morgan fingerprint density at radius 3 is 2.61 bits per heavy atom. The Balaban J connectivity index is 1.76. The van der Waals surface area contributed by atoms with E-state index in [0.29, 0.717) is 13.0 Å². The van der Waals surface area contributed by atoms with Crippen molar-refractivity contribution < 1.29 is 13.5 Å². The zero-order valence-electron chi connectivity index (χ0n) is 16.0. The molecule has 1 atom stereocenters. The van der Waals surface area contributed by atoms with Crippen LogP contribution in [0.4, 0.5) is 0 Å². The highest BCUT2D eigenvalue weighted by Gasteiger charge is 2.27. The molecule has 3 rings (SSSR count). The standard InChI is InChI=1S/C21H25N2O3S2/c1-16(2)13-23(14-18(24)9-8-17-6-4-3-5-7-17)28(25,26)19-10-11-20-21(12-19)27-15-22-20/h3-7,9-12,15-16,18,24H,8,13-14H2,1-2H3/t18-/m1/s1. The van der Waals surface area contributed by atoms with Crippen molar-refractivity contribution in [3.63, 3.8) is 0 Å². The van der Waals surface area contributed by atoms with Crippen molar-refractivity contribution >= 4 is 31.6 Å². The van der Waals surface area contributed by atoms with Crippen LogP contribution in [0.2, 0.25) is 0 Å². The summed E-state index contributed by atoms with van der Waals surface area (Å²) in [5, 5.41) is 10.5. The molecular weight excluding hydrogens is 392 g/mol. The van der Waals surface area contributed by atoms with Gasteiger partial charge < -0.3 is 5.11 Å². The van der Waals surface area contributed by atoms with E-state index >= 15 is 0 Å². The van der Waals surface area contributed by atoms with Gasteiger partial charge in [0.25, 0.3) is 0 Å². The van der Waals surface area contributed by atoms with E-state index in [1.807, 2.05) is 44.2 Å². The van der Waals surface area contributed by atoms with Gasteiger partial charge in [0.1, 0.15) is 0 Å². The topological polar surface area (TPSA) is 70.5 Å². The molecule has 1 N–H and O–H groups in total. The van der Waals surface area contributed by atoms with Gasteiger partial charge in [-0.25, -0.2) is 13.4 Å². The first-order chi connectivity index (χ1) is 13.4. The van der Waals surface area contributed by atoms with Gasteiger partial charge in [0.05, 0.1) is 26.7 Å². The highest BCUT2D eigenvalue weighted by atomic mass is 32.2. The van der Waals surface area contributed by atoms with E-state index in [9.17, 15) is 13.5 Å². The van der Waals surface area contributed by atoms with Crippen LogP contribution in [0.15, 0.2) is 58.9 Å². The fourth-order valence-electron chi connectivity index (χ4n) is 2.99. The molecule has 0 saturated heterocycles. The molecular formula is C21H25N2O3S2. The summed E-state index contributed by atoms with van der Waals surface area (Å²) >= 11 is 1.41. The fraction of sp³-hybridized carbons (Fsp3) is 0.333. The quantitative estimate of drug-likeness (QED) is 0.576. The van der Waals surface area contributed by atoms with Crippen molar-refractivity contribution in [1.82, 2.24) is 9.29 Å². The molecule has 0 fully saturated rings. The second kappa shape index (κ2) is 9.13. The molecule has 7 heteroatoms. The number of benzene rings is 2. The number of aromatic nitrogens is 1. The third-order valence-corrected chi connectivity index (χ3v) is 6.99. The van der Waals surface area contributed by atoms with Crippen LogP contribution in [0.25, 0.3) is 10.2 Å². The number of fused-ring (bicyclic) bond motifs is 1. The molecule has 1 aromatic heterocycles. The zero-order chi connectivity index (χ0) is 20.1. The number of nitrogens with zero attached hydrogens (tertiary/aromatic N) is 2. The lowest BCUT2D eigenvalue weighted by molar-refractivity contribution is 0.167. The first-order valence-electron chi connectivity index (χ1n) is 9.25. The van der Waals surface area contributed by atoms with Gasteiger partial charge in [0.15, 0.2) is 0 Å². The summed E-state index contributed by atoms with van der Waals surface area (Å²) in [4.78, 5) is 4.44.